The summed E-state index contributed by atoms with van der Waals surface area (Å²) in [5.41, 5.74) is 0.560. The van der Waals surface area contributed by atoms with Crippen LogP contribution in [0.5, 0.6) is 0 Å². The van der Waals surface area contributed by atoms with Crippen molar-refractivity contribution in [2.24, 2.45) is 0 Å². The summed E-state index contributed by atoms with van der Waals surface area (Å²) in [5.74, 6) is -2.46. The van der Waals surface area contributed by atoms with E-state index in [2.05, 4.69) is 4.98 Å². The van der Waals surface area contributed by atoms with Gasteiger partial charge in [-0.2, -0.15) is 0 Å². The van der Waals surface area contributed by atoms with Crippen LogP contribution in [-0.2, 0) is 43.3 Å². The Morgan fingerprint density at radius 2 is 1.70 bits per heavy atom. The lowest BCUT2D eigenvalue weighted by Gasteiger charge is -2.23. The fraction of sp³-hybridized carbons (Fsp3) is 0.409. The second-order valence-electron chi connectivity index (χ2n) is 7.78. The molecule has 0 bridgehead atoms. The lowest BCUT2D eigenvalue weighted by Crippen LogP contribution is -2.40. The maximum atomic E-state index is 12.5. The smallest absolute Gasteiger partial charge is 0.370 e. The number of hydrogen-bond acceptors (Lipinski definition) is 13. The number of benzene rings is 1. The van der Waals surface area contributed by atoms with Gasteiger partial charge in [-0.25, -0.2) is 9.78 Å². The standard InChI is InChI=1S/C22H23N3O11S/c1-12(26)32-9-18-19(33-13(2)27)20(34-14(3)28)21(35-18)24-8-17(23-11-24)22(29)36-37-10-15-4-6-16(7-5-15)25(30)31/h4-8,11,18-21H,9-10H2,1-3H3/t18-,19-,20-,21-/m1/s1. The summed E-state index contributed by atoms with van der Waals surface area (Å²) < 4.78 is 28.0. The Balaban J connectivity index is 1.69. The Kier molecular flexibility index (Phi) is 9.19. The third-order valence-corrected chi connectivity index (χ3v) is 5.67. The fourth-order valence-corrected chi connectivity index (χ4v) is 4.00. The summed E-state index contributed by atoms with van der Waals surface area (Å²) >= 11 is 0.816. The molecule has 0 amide bonds. The van der Waals surface area contributed by atoms with Crippen LogP contribution in [0.2, 0.25) is 0 Å². The van der Waals surface area contributed by atoms with E-state index in [0.29, 0.717) is 5.56 Å². The van der Waals surface area contributed by atoms with E-state index in [1.165, 1.54) is 50.0 Å². The molecule has 37 heavy (non-hydrogen) atoms. The molecule has 1 saturated heterocycles. The molecule has 0 spiro atoms. The highest BCUT2D eigenvalue weighted by Gasteiger charge is 2.50. The highest BCUT2D eigenvalue weighted by molar-refractivity contribution is 7.94. The van der Waals surface area contributed by atoms with Crippen LogP contribution < -0.4 is 0 Å². The first kappa shape index (κ1) is 27.6. The molecule has 198 valence electrons. The van der Waals surface area contributed by atoms with Crippen molar-refractivity contribution in [2.45, 2.75) is 51.1 Å². The Morgan fingerprint density at radius 1 is 1.05 bits per heavy atom. The molecule has 0 saturated carbocycles. The summed E-state index contributed by atoms with van der Waals surface area (Å²) in [6.07, 6.45) is -1.70. The van der Waals surface area contributed by atoms with Gasteiger partial charge in [-0.3, -0.25) is 24.5 Å². The molecular weight excluding hydrogens is 514 g/mol. The van der Waals surface area contributed by atoms with E-state index in [1.807, 2.05) is 0 Å². The average Bonchev–Trinajstić information content (AvgIpc) is 3.43. The largest absolute Gasteiger partial charge is 0.463 e. The van der Waals surface area contributed by atoms with Gasteiger partial charge in [-0.15, -0.1) is 0 Å². The molecule has 14 nitrogen and oxygen atoms in total. The zero-order valence-electron chi connectivity index (χ0n) is 19.9. The molecule has 2 aromatic rings. The Hall–Kier alpha value is -3.98. The van der Waals surface area contributed by atoms with Gasteiger partial charge in [0.1, 0.15) is 12.7 Å². The van der Waals surface area contributed by atoms with Crippen LogP contribution in [0.25, 0.3) is 0 Å². The molecule has 1 fully saturated rings. The molecule has 1 aromatic carbocycles. The molecule has 0 unspecified atom stereocenters. The summed E-state index contributed by atoms with van der Waals surface area (Å²) in [7, 11) is 0. The van der Waals surface area contributed by atoms with Gasteiger partial charge in [0.25, 0.3) is 5.69 Å². The Labute approximate surface area is 214 Å². The molecule has 2 heterocycles. The third-order valence-electron chi connectivity index (χ3n) is 4.95. The van der Waals surface area contributed by atoms with Crippen molar-refractivity contribution < 1.29 is 47.2 Å². The summed E-state index contributed by atoms with van der Waals surface area (Å²) in [4.78, 5) is 61.4. The van der Waals surface area contributed by atoms with Gasteiger partial charge >= 0.3 is 23.9 Å². The number of nitro benzene ring substituents is 1. The topological polar surface area (TPSA) is 175 Å². The molecule has 4 atom stereocenters. The number of ether oxygens (including phenoxy) is 4. The lowest BCUT2D eigenvalue weighted by atomic mass is 10.1. The molecule has 15 heteroatoms. The quantitative estimate of drug-likeness (QED) is 0.142. The number of hydrogen-bond donors (Lipinski definition) is 0. The van der Waals surface area contributed by atoms with Gasteiger partial charge in [0.15, 0.2) is 24.1 Å². The van der Waals surface area contributed by atoms with Crippen LogP contribution in [-0.4, -0.2) is 63.3 Å². The van der Waals surface area contributed by atoms with Gasteiger partial charge in [-0.1, -0.05) is 12.1 Å². The van der Waals surface area contributed by atoms with Crippen LogP contribution in [0.4, 0.5) is 5.69 Å². The molecular formula is C22H23N3O11S. The highest BCUT2D eigenvalue weighted by Crippen LogP contribution is 2.34. The average molecular weight is 538 g/mol. The minimum Gasteiger partial charge on any atom is -0.463 e. The van der Waals surface area contributed by atoms with Gasteiger partial charge < -0.3 is 27.7 Å². The van der Waals surface area contributed by atoms with E-state index in [-0.39, 0.29) is 23.7 Å². The molecule has 3 rings (SSSR count). The number of nitro groups is 1. The minimum absolute atomic E-state index is 0.0523. The Bertz CT molecular complexity index is 1170. The van der Waals surface area contributed by atoms with Crippen molar-refractivity contribution in [2.75, 3.05) is 6.61 Å². The van der Waals surface area contributed by atoms with Crippen molar-refractivity contribution in [1.82, 2.24) is 9.55 Å². The van der Waals surface area contributed by atoms with E-state index in [4.69, 9.17) is 23.1 Å². The van der Waals surface area contributed by atoms with E-state index < -0.39 is 53.3 Å². The second-order valence-corrected chi connectivity index (χ2v) is 8.47. The molecule has 0 aliphatic carbocycles. The number of carbonyl (C=O) groups excluding carboxylic acids is 4. The van der Waals surface area contributed by atoms with Crippen molar-refractivity contribution in [3.05, 3.63) is 58.2 Å². The number of aromatic nitrogens is 2. The predicted molar refractivity (Wildman–Crippen MR) is 124 cm³/mol. The first-order valence-electron chi connectivity index (χ1n) is 10.8. The lowest BCUT2D eigenvalue weighted by molar-refractivity contribution is -0.384. The highest BCUT2D eigenvalue weighted by atomic mass is 32.2. The maximum absolute atomic E-state index is 12.5. The van der Waals surface area contributed by atoms with Crippen LogP contribution in [0, 0.1) is 10.1 Å². The van der Waals surface area contributed by atoms with Gasteiger partial charge in [-0.05, 0) is 5.56 Å². The monoisotopic (exact) mass is 537 g/mol. The zero-order valence-corrected chi connectivity index (χ0v) is 20.7. The normalized spacial score (nSPS) is 20.6. The SMILES string of the molecule is CC(=O)OC[C@H]1O[C@@H](n2cnc(C(=O)OSCc3ccc([N+](=O)[O-])cc3)c2)[C@H](OC(C)=O)[C@@H]1OC(C)=O. The fourth-order valence-electron chi connectivity index (χ4n) is 3.42. The van der Waals surface area contributed by atoms with E-state index in [1.54, 1.807) is 12.1 Å². The van der Waals surface area contributed by atoms with Crippen molar-refractivity contribution in [3.63, 3.8) is 0 Å². The first-order valence-corrected chi connectivity index (χ1v) is 11.7. The number of rotatable bonds is 10. The van der Waals surface area contributed by atoms with Gasteiger partial charge in [0, 0.05) is 39.1 Å². The molecule has 0 radical (unpaired) electrons. The maximum Gasteiger partial charge on any atom is 0.370 e. The number of non-ortho nitro benzene ring substituents is 1. The zero-order chi connectivity index (χ0) is 27.1. The van der Waals surface area contributed by atoms with Crippen molar-refractivity contribution >= 4 is 41.6 Å². The van der Waals surface area contributed by atoms with Gasteiger partial charge in [0.05, 0.1) is 29.0 Å². The molecule has 1 aromatic heterocycles. The third kappa shape index (κ3) is 7.50. The van der Waals surface area contributed by atoms with Crippen molar-refractivity contribution in [3.8, 4) is 0 Å². The number of nitrogens with zero attached hydrogens (tertiary/aromatic N) is 3. The predicted octanol–water partition coefficient (Wildman–Crippen LogP) is 2.12. The van der Waals surface area contributed by atoms with Crippen LogP contribution in [0.3, 0.4) is 0 Å². The van der Waals surface area contributed by atoms with Crippen LogP contribution >= 0.6 is 12.0 Å². The second kappa shape index (κ2) is 12.3. The van der Waals surface area contributed by atoms with Crippen LogP contribution in [0.15, 0.2) is 36.8 Å². The van der Waals surface area contributed by atoms with Gasteiger partial charge in [0.2, 0.25) is 0 Å². The number of imidazole rings is 1. The minimum atomic E-state index is -1.13. The van der Waals surface area contributed by atoms with E-state index in [0.717, 1.165) is 12.0 Å². The number of esters is 3. The van der Waals surface area contributed by atoms with E-state index in [9.17, 15) is 29.3 Å². The molecule has 0 N–H and O–H groups in total. The molecule has 1 aliphatic heterocycles. The summed E-state index contributed by atoms with van der Waals surface area (Å²) in [5, 5.41) is 10.7. The summed E-state index contributed by atoms with van der Waals surface area (Å²) in [6.45, 7) is 3.26. The summed E-state index contributed by atoms with van der Waals surface area (Å²) in [6, 6.07) is 5.79. The van der Waals surface area contributed by atoms with Crippen molar-refractivity contribution in [1.29, 1.82) is 0 Å². The molecule has 1 aliphatic rings. The Morgan fingerprint density at radius 3 is 2.30 bits per heavy atom. The first-order chi connectivity index (χ1) is 17.5. The number of carbonyl (C=O) groups is 4. The van der Waals surface area contributed by atoms with Crippen LogP contribution in [0.1, 0.15) is 43.1 Å². The van der Waals surface area contributed by atoms with E-state index >= 15 is 0 Å².